The lowest BCUT2D eigenvalue weighted by atomic mass is 10.3. The van der Waals surface area contributed by atoms with Crippen LogP contribution in [0.25, 0.3) is 11.0 Å². The third-order valence-corrected chi connectivity index (χ3v) is 3.14. The van der Waals surface area contributed by atoms with Gasteiger partial charge in [0.05, 0.1) is 13.1 Å². The fourth-order valence-corrected chi connectivity index (χ4v) is 2.05. The van der Waals surface area contributed by atoms with E-state index in [2.05, 4.69) is 37.6 Å². The molecule has 0 bridgehead atoms. The van der Waals surface area contributed by atoms with E-state index in [0.29, 0.717) is 19.6 Å². The maximum atomic E-state index is 5.85. The minimum Gasteiger partial charge on any atom is -0.342 e. The van der Waals surface area contributed by atoms with Crippen LogP contribution in [0.3, 0.4) is 0 Å². The molecule has 17 heavy (non-hydrogen) atoms. The van der Waals surface area contributed by atoms with Crippen molar-refractivity contribution in [1.82, 2.24) is 15.0 Å². The van der Waals surface area contributed by atoms with Gasteiger partial charge in [0.1, 0.15) is 5.65 Å². The highest BCUT2D eigenvalue weighted by Gasteiger charge is 2.07. The number of pyridine rings is 1. The van der Waals surface area contributed by atoms with Crippen LogP contribution < -0.4 is 5.84 Å². The minimum atomic E-state index is 0.637. The van der Waals surface area contributed by atoms with Gasteiger partial charge in [-0.2, -0.15) is 0 Å². The molecule has 0 atom stereocenters. The van der Waals surface area contributed by atoms with E-state index in [9.17, 15) is 0 Å². The number of nitrogens with one attached hydrogen (secondary N) is 1. The van der Waals surface area contributed by atoms with Gasteiger partial charge < -0.3 is 4.98 Å². The molecule has 2 aromatic rings. The summed E-state index contributed by atoms with van der Waals surface area (Å²) in [5.74, 6) is 5.85. The Labute approximate surface area is 108 Å². The number of aliphatic imine (C=N–C) groups is 1. The third kappa shape index (κ3) is 2.91. The molecule has 5 nitrogen and oxygen atoms in total. The van der Waals surface area contributed by atoms with Crippen molar-refractivity contribution < 1.29 is 0 Å². The molecule has 0 aliphatic heterocycles. The summed E-state index contributed by atoms with van der Waals surface area (Å²) in [5.41, 5.74) is 1.90. The predicted molar refractivity (Wildman–Crippen MR) is 72.8 cm³/mol. The van der Waals surface area contributed by atoms with Crippen LogP contribution in [0.1, 0.15) is 5.69 Å². The molecule has 90 valence electrons. The normalized spacial score (nSPS) is 11.2. The molecule has 0 saturated carbocycles. The topological polar surface area (TPSA) is 70.3 Å². The first kappa shape index (κ1) is 12.2. The van der Waals surface area contributed by atoms with E-state index in [0.717, 1.165) is 21.2 Å². The van der Waals surface area contributed by atoms with Crippen molar-refractivity contribution in [1.29, 1.82) is 0 Å². The van der Waals surface area contributed by atoms with E-state index in [1.807, 2.05) is 12.1 Å². The maximum Gasteiger partial charge on any atom is 0.138 e. The number of H-pyrrole nitrogens is 1. The summed E-state index contributed by atoms with van der Waals surface area (Å²) in [6.45, 7) is 5.39. The second-order valence-electron chi connectivity index (χ2n) is 3.77. The van der Waals surface area contributed by atoms with E-state index < -0.39 is 0 Å². The van der Waals surface area contributed by atoms with E-state index in [4.69, 9.17) is 5.84 Å². The molecule has 0 saturated heterocycles. The first-order valence-electron chi connectivity index (χ1n) is 5.25. The molecule has 0 spiro atoms. The minimum absolute atomic E-state index is 0.637. The number of nitrogens with two attached hydrogens (primary N) is 1. The number of nitrogens with zero attached hydrogens (tertiary/aromatic N) is 3. The monoisotopic (exact) mass is 295 g/mol. The highest BCUT2D eigenvalue weighted by Crippen LogP contribution is 2.22. The number of hydrogen-bond donors (Lipinski definition) is 2. The number of halogens is 1. The highest BCUT2D eigenvalue weighted by molar-refractivity contribution is 9.10. The second kappa shape index (κ2) is 5.39. The SMILES string of the molecule is C=NCCN(N)Cc1cc2c(Br)ccnc2[nH]1. The standard InChI is InChI=1S/C11H14BrN5/c1-14-4-5-17(13)7-8-6-9-10(12)2-3-15-11(9)16-8/h2-3,6H,1,4-5,7,13H2,(H,15,16). The predicted octanol–water partition coefficient (Wildman–Crippen LogP) is 1.70. The molecule has 2 heterocycles. The molecular weight excluding hydrogens is 282 g/mol. The highest BCUT2D eigenvalue weighted by atomic mass is 79.9. The van der Waals surface area contributed by atoms with Crippen LogP contribution in [0, 0.1) is 0 Å². The molecule has 0 radical (unpaired) electrons. The van der Waals surface area contributed by atoms with Crippen molar-refractivity contribution in [2.45, 2.75) is 6.54 Å². The number of fused-ring (bicyclic) bond motifs is 1. The summed E-state index contributed by atoms with van der Waals surface area (Å²) >= 11 is 3.49. The average molecular weight is 296 g/mol. The lowest BCUT2D eigenvalue weighted by molar-refractivity contribution is 0.281. The van der Waals surface area contributed by atoms with Crippen molar-refractivity contribution in [2.75, 3.05) is 13.1 Å². The fraction of sp³-hybridized carbons (Fsp3) is 0.273. The van der Waals surface area contributed by atoms with Crippen LogP contribution in [0.2, 0.25) is 0 Å². The fourth-order valence-electron chi connectivity index (χ4n) is 1.63. The Bertz CT molecular complexity index is 522. The van der Waals surface area contributed by atoms with Gasteiger partial charge >= 0.3 is 0 Å². The average Bonchev–Trinajstić information content (AvgIpc) is 2.70. The summed E-state index contributed by atoms with van der Waals surface area (Å²) in [5, 5.41) is 2.77. The Morgan fingerprint density at radius 3 is 3.12 bits per heavy atom. The van der Waals surface area contributed by atoms with E-state index in [-0.39, 0.29) is 0 Å². The van der Waals surface area contributed by atoms with Crippen molar-refractivity contribution in [3.05, 3.63) is 28.5 Å². The first-order chi connectivity index (χ1) is 8.20. The molecule has 0 amide bonds. The number of aromatic nitrogens is 2. The van der Waals surface area contributed by atoms with Crippen LogP contribution in [-0.2, 0) is 6.54 Å². The Kier molecular flexibility index (Phi) is 3.88. The van der Waals surface area contributed by atoms with Gasteiger partial charge in [-0.15, -0.1) is 0 Å². The Balaban J connectivity index is 2.14. The maximum absolute atomic E-state index is 5.85. The molecule has 0 unspecified atom stereocenters. The van der Waals surface area contributed by atoms with E-state index in [1.54, 1.807) is 11.2 Å². The van der Waals surface area contributed by atoms with Crippen molar-refractivity contribution >= 4 is 33.7 Å². The molecule has 0 aliphatic rings. The van der Waals surface area contributed by atoms with Crippen LogP contribution in [-0.4, -0.2) is 34.8 Å². The van der Waals surface area contributed by atoms with Gasteiger partial charge in [-0.05, 0) is 34.8 Å². The lowest BCUT2D eigenvalue weighted by Crippen LogP contribution is -2.32. The van der Waals surface area contributed by atoms with Gasteiger partial charge in [-0.25, -0.2) is 9.99 Å². The van der Waals surface area contributed by atoms with Gasteiger partial charge in [0, 0.05) is 28.3 Å². The second-order valence-corrected chi connectivity index (χ2v) is 4.62. The largest absolute Gasteiger partial charge is 0.342 e. The zero-order valence-electron chi connectivity index (χ0n) is 9.36. The van der Waals surface area contributed by atoms with E-state index in [1.165, 1.54) is 0 Å². The molecule has 0 aromatic carbocycles. The molecule has 2 rings (SSSR count). The van der Waals surface area contributed by atoms with Gasteiger partial charge in [0.2, 0.25) is 0 Å². The van der Waals surface area contributed by atoms with E-state index >= 15 is 0 Å². The zero-order valence-corrected chi connectivity index (χ0v) is 10.9. The summed E-state index contributed by atoms with van der Waals surface area (Å²) in [6, 6.07) is 3.97. The third-order valence-electron chi connectivity index (χ3n) is 2.45. The lowest BCUT2D eigenvalue weighted by Gasteiger charge is -2.13. The van der Waals surface area contributed by atoms with Crippen molar-refractivity contribution in [3.63, 3.8) is 0 Å². The summed E-state index contributed by atoms with van der Waals surface area (Å²) in [4.78, 5) is 11.3. The van der Waals surface area contributed by atoms with Crippen LogP contribution >= 0.6 is 15.9 Å². The van der Waals surface area contributed by atoms with Crippen LogP contribution in [0.4, 0.5) is 0 Å². The smallest absolute Gasteiger partial charge is 0.138 e. The van der Waals surface area contributed by atoms with Crippen LogP contribution in [0.5, 0.6) is 0 Å². The summed E-state index contributed by atoms with van der Waals surface area (Å²) in [7, 11) is 0. The first-order valence-corrected chi connectivity index (χ1v) is 6.04. The molecule has 6 heteroatoms. The Morgan fingerprint density at radius 1 is 1.59 bits per heavy atom. The van der Waals surface area contributed by atoms with Crippen LogP contribution in [0.15, 0.2) is 27.8 Å². The van der Waals surface area contributed by atoms with Crippen molar-refractivity contribution in [2.24, 2.45) is 10.8 Å². The quantitative estimate of drug-likeness (QED) is 0.501. The summed E-state index contributed by atoms with van der Waals surface area (Å²) < 4.78 is 1.03. The van der Waals surface area contributed by atoms with Gasteiger partial charge in [-0.3, -0.25) is 10.8 Å². The Hall–Kier alpha value is -1.24. The zero-order chi connectivity index (χ0) is 12.3. The van der Waals surface area contributed by atoms with Gasteiger partial charge in [0.25, 0.3) is 0 Å². The number of hydrogen-bond acceptors (Lipinski definition) is 4. The molecule has 2 aromatic heterocycles. The molecule has 3 N–H and O–H groups in total. The molecular formula is C11H14BrN5. The Morgan fingerprint density at radius 2 is 2.41 bits per heavy atom. The number of rotatable bonds is 5. The van der Waals surface area contributed by atoms with Gasteiger partial charge in [-0.1, -0.05) is 0 Å². The number of aromatic amines is 1. The number of hydrazine groups is 1. The van der Waals surface area contributed by atoms with Gasteiger partial charge in [0.15, 0.2) is 0 Å². The molecule has 0 fully saturated rings. The summed E-state index contributed by atoms with van der Waals surface area (Å²) in [6.07, 6.45) is 1.76. The van der Waals surface area contributed by atoms with Crippen molar-refractivity contribution in [3.8, 4) is 0 Å². The molecule has 0 aliphatic carbocycles.